The Hall–Kier alpha value is -1.84. The highest BCUT2D eigenvalue weighted by atomic mass is 32.2. The van der Waals surface area contributed by atoms with Crippen molar-refractivity contribution in [3.05, 3.63) is 23.3 Å². The third-order valence-corrected chi connectivity index (χ3v) is 17.8. The first kappa shape index (κ1) is 41.3. The van der Waals surface area contributed by atoms with Crippen LogP contribution >= 0.6 is 11.8 Å². The van der Waals surface area contributed by atoms with Crippen LogP contribution < -0.4 is 11.2 Å². The number of carbonyl (C=O) groups excluding carboxylic acids is 1. The fraction of sp³-hybridized carbons (Fsp3) is 0.848. The van der Waals surface area contributed by atoms with Crippen molar-refractivity contribution in [2.24, 2.45) is 67.2 Å². The Kier molecular flexibility index (Phi) is 12.3. The highest BCUT2D eigenvalue weighted by Gasteiger charge is 2.65. The maximum Gasteiger partial charge on any atom is 0.315 e. The monoisotopic (exact) mass is 778 g/mol. The number of allylic oxidation sites excluding steroid dienone is 4. The van der Waals surface area contributed by atoms with Crippen molar-refractivity contribution in [3.63, 3.8) is 0 Å². The van der Waals surface area contributed by atoms with Gasteiger partial charge in [0.2, 0.25) is 5.90 Å². The van der Waals surface area contributed by atoms with Crippen molar-refractivity contribution in [3.8, 4) is 0 Å². The molecule has 0 amide bonds. The fourth-order valence-corrected chi connectivity index (χ4v) is 15.4. The summed E-state index contributed by atoms with van der Waals surface area (Å²) in [6.45, 7) is 21.9. The first-order valence-corrected chi connectivity index (χ1v) is 23.5. The molecule has 0 aromatic heterocycles. The van der Waals surface area contributed by atoms with E-state index in [-0.39, 0.29) is 24.0 Å². The van der Waals surface area contributed by atoms with Gasteiger partial charge in [-0.05, 0) is 155 Å². The molecule has 6 aliphatic carbocycles. The molecular formula is C46H75N5O3S. The number of ether oxygens (including phenoxy) is 2. The number of hydrogen-bond acceptors (Lipinski definition) is 9. The number of nitrogens with one attached hydrogen (secondary N) is 1. The van der Waals surface area contributed by atoms with Crippen LogP contribution in [0.2, 0.25) is 0 Å². The summed E-state index contributed by atoms with van der Waals surface area (Å²) in [5.74, 6) is 12.3. The first-order chi connectivity index (χ1) is 26.3. The van der Waals surface area contributed by atoms with E-state index < -0.39 is 5.41 Å². The highest BCUT2D eigenvalue weighted by Crippen LogP contribution is 2.72. The molecule has 0 aromatic carbocycles. The molecule has 4 saturated carbocycles. The van der Waals surface area contributed by atoms with E-state index in [9.17, 15) is 4.79 Å². The number of hydrazone groups is 1. The average molecular weight is 778 g/mol. The van der Waals surface area contributed by atoms with E-state index in [0.29, 0.717) is 47.6 Å². The number of aliphatic imine (C=N–C) groups is 1. The molecule has 1 heterocycles. The number of nitrogens with two attached hydrogens (primary N) is 1. The Labute approximate surface area is 338 Å². The molecule has 5 unspecified atom stereocenters. The number of hydrogen-bond donors (Lipinski definition) is 2. The Morgan fingerprint density at radius 1 is 0.964 bits per heavy atom. The van der Waals surface area contributed by atoms with Crippen LogP contribution in [0.3, 0.4) is 0 Å². The predicted molar refractivity (Wildman–Crippen MR) is 228 cm³/mol. The Balaban J connectivity index is 1.06. The van der Waals surface area contributed by atoms with Crippen molar-refractivity contribution >= 4 is 29.8 Å². The van der Waals surface area contributed by atoms with Gasteiger partial charge in [0, 0.05) is 49.3 Å². The second kappa shape index (κ2) is 16.4. The van der Waals surface area contributed by atoms with Crippen molar-refractivity contribution in [1.82, 2.24) is 10.2 Å². The molecule has 0 spiro atoms. The van der Waals surface area contributed by atoms with E-state index in [1.807, 2.05) is 20.8 Å². The SMILES string of the molecule is CCOC(=O)C1(COC(C=NN)=NC(C)C)CC=C(C2=CC[C@@]3(C)C(CC[C@@]4(C)C5CC[C@@]6(NCCN7CCSCC7)CCCC6[C@H]5CCC43)C2(C)C)CC1. The van der Waals surface area contributed by atoms with E-state index in [0.717, 1.165) is 30.1 Å². The van der Waals surface area contributed by atoms with Crippen molar-refractivity contribution in [1.29, 1.82) is 0 Å². The molecule has 0 radical (unpaired) electrons. The number of nitrogens with zero attached hydrogens (tertiary/aromatic N) is 3. The van der Waals surface area contributed by atoms with Crippen molar-refractivity contribution in [2.45, 2.75) is 144 Å². The molecule has 1 saturated heterocycles. The largest absolute Gasteiger partial charge is 0.476 e. The summed E-state index contributed by atoms with van der Waals surface area (Å²) in [4.78, 5) is 20.8. The van der Waals surface area contributed by atoms with Crippen molar-refractivity contribution < 1.29 is 14.3 Å². The van der Waals surface area contributed by atoms with Gasteiger partial charge in [-0.2, -0.15) is 16.9 Å². The minimum Gasteiger partial charge on any atom is -0.476 e. The molecule has 7 aliphatic rings. The lowest BCUT2D eigenvalue weighted by Gasteiger charge is -2.68. The number of fused-ring (bicyclic) bond motifs is 7. The van der Waals surface area contributed by atoms with Gasteiger partial charge in [-0.25, -0.2) is 4.99 Å². The topological polar surface area (TPSA) is 102 Å². The second-order valence-electron chi connectivity index (χ2n) is 20.2. The maximum atomic E-state index is 13.6. The standard InChI is InChI=1S/C46H75N5O3S/c1-8-53-41(52)45(31-54-40(30-49-47)50-32(2)3)21-13-33(14-22-45)35-15-19-44(7)38(42(35,4)5)17-20-43(6)36-16-23-46(48-24-25-51-26-28-55-29-27-51)18-9-10-37(46)34(36)11-12-39(43)44/h13,15,30,32,34,36-39,48H,8-12,14,16-29,31,47H2,1-7H3/t34-,36?,37?,38?,39?,43-,44-,45?,46-/m0/s1. The summed E-state index contributed by atoms with van der Waals surface area (Å²) in [6, 6.07) is 0.0264. The summed E-state index contributed by atoms with van der Waals surface area (Å²) >= 11 is 2.12. The Morgan fingerprint density at radius 2 is 1.76 bits per heavy atom. The van der Waals surface area contributed by atoms with Crippen LogP contribution in [0, 0.1) is 51.2 Å². The van der Waals surface area contributed by atoms with Crippen LogP contribution in [-0.4, -0.2) is 85.5 Å². The Morgan fingerprint density at radius 3 is 2.47 bits per heavy atom. The van der Waals surface area contributed by atoms with Crippen LogP contribution in [0.15, 0.2) is 33.4 Å². The van der Waals surface area contributed by atoms with E-state index in [4.69, 9.17) is 15.3 Å². The summed E-state index contributed by atoms with van der Waals surface area (Å²) < 4.78 is 11.8. The van der Waals surface area contributed by atoms with E-state index >= 15 is 0 Å². The zero-order valence-corrected chi connectivity index (χ0v) is 36.4. The van der Waals surface area contributed by atoms with Crippen molar-refractivity contribution in [2.75, 3.05) is 50.9 Å². The Bertz CT molecular complexity index is 1520. The number of carbonyl (C=O) groups is 1. The van der Waals surface area contributed by atoms with Crippen LogP contribution in [0.1, 0.15) is 132 Å². The minimum absolute atomic E-state index is 0.0264. The van der Waals surface area contributed by atoms with Gasteiger partial charge in [-0.3, -0.25) is 4.79 Å². The second-order valence-corrected chi connectivity index (χ2v) is 21.4. The number of esters is 1. The molecule has 5 fully saturated rings. The normalized spacial score (nSPS) is 40.4. The van der Waals surface area contributed by atoms with E-state index in [1.54, 1.807) is 0 Å². The zero-order valence-electron chi connectivity index (χ0n) is 35.6. The zero-order chi connectivity index (χ0) is 39.1. The highest BCUT2D eigenvalue weighted by molar-refractivity contribution is 7.99. The smallest absolute Gasteiger partial charge is 0.315 e. The number of rotatable bonds is 11. The van der Waals surface area contributed by atoms with Gasteiger partial charge >= 0.3 is 5.97 Å². The fourth-order valence-electron chi connectivity index (χ4n) is 14.4. The van der Waals surface area contributed by atoms with Gasteiger partial charge in [0.15, 0.2) is 0 Å². The van der Waals surface area contributed by atoms with E-state index in [2.05, 4.69) is 71.9 Å². The molecule has 7 rings (SSSR count). The third-order valence-electron chi connectivity index (χ3n) is 16.8. The minimum atomic E-state index is -0.752. The van der Waals surface area contributed by atoms with Gasteiger partial charge in [0.1, 0.15) is 18.2 Å². The average Bonchev–Trinajstić information content (AvgIpc) is 3.59. The quantitative estimate of drug-likeness (QED) is 0.0711. The molecule has 3 N–H and O–H groups in total. The van der Waals surface area contributed by atoms with Gasteiger partial charge in [0.05, 0.1) is 6.61 Å². The first-order valence-electron chi connectivity index (χ1n) is 22.4. The lowest BCUT2D eigenvalue weighted by molar-refractivity contribution is -0.175. The van der Waals surface area contributed by atoms with Gasteiger partial charge < -0.3 is 25.5 Å². The molecule has 9 atom stereocenters. The summed E-state index contributed by atoms with van der Waals surface area (Å²) in [6.07, 6.45) is 22.4. The van der Waals surface area contributed by atoms with Crippen LogP contribution in [0.25, 0.3) is 0 Å². The molecule has 0 aromatic rings. The molecular weight excluding hydrogens is 703 g/mol. The lowest BCUT2D eigenvalue weighted by Crippen LogP contribution is -2.64. The maximum absolute atomic E-state index is 13.6. The molecule has 0 bridgehead atoms. The van der Waals surface area contributed by atoms with Gasteiger partial charge in [-0.1, -0.05) is 46.3 Å². The molecule has 8 nitrogen and oxygen atoms in total. The van der Waals surface area contributed by atoms with Gasteiger partial charge in [-0.15, -0.1) is 0 Å². The van der Waals surface area contributed by atoms with Crippen LogP contribution in [-0.2, 0) is 14.3 Å². The number of thioether (sulfide) groups is 1. The van der Waals surface area contributed by atoms with E-state index in [1.165, 1.54) is 119 Å². The summed E-state index contributed by atoms with van der Waals surface area (Å²) in [5.41, 5.74) is 3.44. The predicted octanol–water partition coefficient (Wildman–Crippen LogP) is 8.81. The lowest BCUT2D eigenvalue weighted by atomic mass is 9.37. The molecule has 9 heteroatoms. The molecule has 55 heavy (non-hydrogen) atoms. The summed E-state index contributed by atoms with van der Waals surface area (Å²) in [5, 5.41) is 7.94. The van der Waals surface area contributed by atoms with Gasteiger partial charge in [0.25, 0.3) is 0 Å². The molecule has 308 valence electrons. The molecule has 1 aliphatic heterocycles. The summed E-state index contributed by atoms with van der Waals surface area (Å²) in [7, 11) is 0. The van der Waals surface area contributed by atoms with Crippen LogP contribution in [0.4, 0.5) is 0 Å². The van der Waals surface area contributed by atoms with Crippen LogP contribution in [0.5, 0.6) is 0 Å². The third kappa shape index (κ3) is 7.63.